The minimum absolute atomic E-state index is 0.0186. The molecule has 116 valence electrons. The van der Waals surface area contributed by atoms with Crippen LogP contribution in [0.15, 0.2) is 35.0 Å². The van der Waals surface area contributed by atoms with Crippen molar-refractivity contribution in [2.75, 3.05) is 6.54 Å². The normalized spacial score (nSPS) is 13.4. The smallest absolute Gasteiger partial charge is 0.270 e. The van der Waals surface area contributed by atoms with Gasteiger partial charge >= 0.3 is 0 Å². The second-order valence-corrected chi connectivity index (χ2v) is 6.00. The number of nitrogens with one attached hydrogen (secondary N) is 1. The number of hydrogen-bond acceptors (Lipinski definition) is 5. The van der Waals surface area contributed by atoms with Crippen LogP contribution >= 0.6 is 11.3 Å². The molecule has 0 saturated carbocycles. The molecule has 22 heavy (non-hydrogen) atoms. The van der Waals surface area contributed by atoms with E-state index < -0.39 is 16.4 Å². The first-order valence-electron chi connectivity index (χ1n) is 6.59. The number of non-ortho nitro benzene ring substituents is 1. The van der Waals surface area contributed by atoms with Crippen LogP contribution in [0.5, 0.6) is 0 Å². The first-order chi connectivity index (χ1) is 10.3. The van der Waals surface area contributed by atoms with E-state index in [1.807, 2.05) is 10.8 Å². The molecule has 1 unspecified atom stereocenters. The molecule has 2 aromatic rings. The lowest BCUT2D eigenvalue weighted by Crippen LogP contribution is -2.38. The molecule has 0 aliphatic carbocycles. The zero-order valence-electron chi connectivity index (χ0n) is 12.2. The molecule has 0 aliphatic heterocycles. The summed E-state index contributed by atoms with van der Waals surface area (Å²) in [4.78, 5) is 22.5. The molecule has 1 heterocycles. The Labute approximate surface area is 131 Å². The Morgan fingerprint density at radius 3 is 2.77 bits per heavy atom. The van der Waals surface area contributed by atoms with Gasteiger partial charge < -0.3 is 10.4 Å². The molecule has 0 spiro atoms. The molecule has 0 aliphatic rings. The molecule has 7 heteroatoms. The number of nitro groups is 1. The maximum Gasteiger partial charge on any atom is 0.270 e. The van der Waals surface area contributed by atoms with Crippen LogP contribution in [0.2, 0.25) is 0 Å². The average molecular weight is 320 g/mol. The number of aliphatic hydroxyl groups is 1. The third-order valence-corrected chi connectivity index (χ3v) is 4.10. The summed E-state index contributed by atoms with van der Waals surface area (Å²) in [7, 11) is 0. The lowest BCUT2D eigenvalue weighted by Gasteiger charge is -2.23. The number of nitro benzene ring substituents is 1. The van der Waals surface area contributed by atoms with Crippen molar-refractivity contribution in [2.24, 2.45) is 0 Å². The van der Waals surface area contributed by atoms with Gasteiger partial charge in [-0.3, -0.25) is 14.9 Å². The van der Waals surface area contributed by atoms with E-state index in [4.69, 9.17) is 0 Å². The van der Waals surface area contributed by atoms with Crippen molar-refractivity contribution in [1.29, 1.82) is 0 Å². The maximum absolute atomic E-state index is 12.2. The van der Waals surface area contributed by atoms with Gasteiger partial charge in [0.1, 0.15) is 5.60 Å². The van der Waals surface area contributed by atoms with E-state index in [1.165, 1.54) is 29.5 Å². The maximum atomic E-state index is 12.2. The molecular formula is C15H16N2O4S. The van der Waals surface area contributed by atoms with Gasteiger partial charge in [0.25, 0.3) is 11.6 Å². The first-order valence-corrected chi connectivity index (χ1v) is 7.54. The molecule has 6 nitrogen and oxygen atoms in total. The van der Waals surface area contributed by atoms with Gasteiger partial charge in [0.05, 0.1) is 11.5 Å². The zero-order chi connectivity index (χ0) is 16.3. The standard InChI is InChI=1S/C15H16N2O4S/c1-10-3-4-12(17(20)21)7-13(10)14(18)16-9-15(2,19)11-5-6-22-8-11/h3-8,19H,9H2,1-2H3,(H,16,18). The number of thiophene rings is 1. The van der Waals surface area contributed by atoms with Gasteiger partial charge in [-0.2, -0.15) is 11.3 Å². The fourth-order valence-electron chi connectivity index (χ4n) is 1.99. The van der Waals surface area contributed by atoms with Crippen LogP contribution in [0.3, 0.4) is 0 Å². The van der Waals surface area contributed by atoms with E-state index in [-0.39, 0.29) is 17.8 Å². The summed E-state index contributed by atoms with van der Waals surface area (Å²) in [6, 6.07) is 5.91. The monoisotopic (exact) mass is 320 g/mol. The summed E-state index contributed by atoms with van der Waals surface area (Å²) in [5.41, 5.74) is 0.257. The number of hydrogen-bond donors (Lipinski definition) is 2. The molecular weight excluding hydrogens is 304 g/mol. The average Bonchev–Trinajstić information content (AvgIpc) is 3.00. The molecule has 1 atom stereocenters. The number of rotatable bonds is 5. The van der Waals surface area contributed by atoms with E-state index in [9.17, 15) is 20.0 Å². The Morgan fingerprint density at radius 1 is 1.45 bits per heavy atom. The number of amides is 1. The minimum atomic E-state index is -1.19. The summed E-state index contributed by atoms with van der Waals surface area (Å²) in [6.45, 7) is 3.33. The van der Waals surface area contributed by atoms with Crippen molar-refractivity contribution < 1.29 is 14.8 Å². The van der Waals surface area contributed by atoms with Crippen LogP contribution in [-0.4, -0.2) is 22.5 Å². The van der Waals surface area contributed by atoms with E-state index in [2.05, 4.69) is 5.32 Å². The van der Waals surface area contributed by atoms with E-state index >= 15 is 0 Å². The third-order valence-electron chi connectivity index (χ3n) is 3.41. The van der Waals surface area contributed by atoms with Crippen molar-refractivity contribution in [2.45, 2.75) is 19.4 Å². The fraction of sp³-hybridized carbons (Fsp3) is 0.267. The van der Waals surface area contributed by atoms with Gasteiger partial charge in [-0.15, -0.1) is 0 Å². The molecule has 2 N–H and O–H groups in total. The first kappa shape index (κ1) is 16.1. The Balaban J connectivity index is 2.13. The molecule has 1 aromatic carbocycles. The Morgan fingerprint density at radius 2 is 2.18 bits per heavy atom. The zero-order valence-corrected chi connectivity index (χ0v) is 13.0. The topological polar surface area (TPSA) is 92.5 Å². The molecule has 1 amide bonds. The van der Waals surface area contributed by atoms with Gasteiger partial charge in [0.15, 0.2) is 0 Å². The Hall–Kier alpha value is -2.25. The van der Waals surface area contributed by atoms with Gasteiger partial charge in [-0.25, -0.2) is 0 Å². The second-order valence-electron chi connectivity index (χ2n) is 5.22. The van der Waals surface area contributed by atoms with E-state index in [0.717, 1.165) is 0 Å². The third kappa shape index (κ3) is 3.49. The molecule has 2 rings (SSSR count). The number of aryl methyl sites for hydroxylation is 1. The van der Waals surface area contributed by atoms with Crippen LogP contribution < -0.4 is 5.32 Å². The SMILES string of the molecule is Cc1ccc([N+](=O)[O-])cc1C(=O)NCC(C)(O)c1ccsc1. The highest BCUT2D eigenvalue weighted by atomic mass is 32.1. The van der Waals surface area contributed by atoms with Crippen molar-refractivity contribution in [3.05, 3.63) is 61.8 Å². The van der Waals surface area contributed by atoms with Gasteiger partial charge in [-0.1, -0.05) is 6.07 Å². The van der Waals surface area contributed by atoms with Crippen LogP contribution in [-0.2, 0) is 5.60 Å². The lowest BCUT2D eigenvalue weighted by atomic mass is 9.99. The van der Waals surface area contributed by atoms with Gasteiger partial charge in [-0.05, 0) is 41.8 Å². The van der Waals surface area contributed by atoms with Crippen LogP contribution in [0.4, 0.5) is 5.69 Å². The van der Waals surface area contributed by atoms with Crippen molar-refractivity contribution in [3.63, 3.8) is 0 Å². The van der Waals surface area contributed by atoms with E-state index in [1.54, 1.807) is 19.9 Å². The molecule has 0 fully saturated rings. The van der Waals surface area contributed by atoms with Crippen molar-refractivity contribution >= 4 is 22.9 Å². The number of carbonyl (C=O) groups is 1. The highest BCUT2D eigenvalue weighted by Gasteiger charge is 2.25. The second kappa shape index (κ2) is 6.25. The summed E-state index contributed by atoms with van der Waals surface area (Å²) in [5, 5.41) is 27.4. The molecule has 0 bridgehead atoms. The number of nitrogens with zero attached hydrogens (tertiary/aromatic N) is 1. The van der Waals surface area contributed by atoms with Gasteiger partial charge in [0, 0.05) is 17.7 Å². The predicted molar refractivity (Wildman–Crippen MR) is 84.1 cm³/mol. The molecule has 0 saturated heterocycles. The summed E-state index contributed by atoms with van der Waals surface area (Å²) in [6.07, 6.45) is 0. The quantitative estimate of drug-likeness (QED) is 0.654. The fourth-order valence-corrected chi connectivity index (χ4v) is 2.77. The lowest BCUT2D eigenvalue weighted by molar-refractivity contribution is -0.384. The highest BCUT2D eigenvalue weighted by Crippen LogP contribution is 2.22. The Bertz CT molecular complexity index is 696. The van der Waals surface area contributed by atoms with E-state index in [0.29, 0.717) is 11.1 Å². The summed E-state index contributed by atoms with van der Waals surface area (Å²) < 4.78 is 0. The molecule has 1 aromatic heterocycles. The number of benzene rings is 1. The van der Waals surface area contributed by atoms with Gasteiger partial charge in [0.2, 0.25) is 0 Å². The predicted octanol–water partition coefficient (Wildman–Crippen LogP) is 2.60. The largest absolute Gasteiger partial charge is 0.384 e. The number of carbonyl (C=O) groups excluding carboxylic acids is 1. The van der Waals surface area contributed by atoms with Crippen LogP contribution in [0.1, 0.15) is 28.4 Å². The Kier molecular flexibility index (Phi) is 4.58. The van der Waals surface area contributed by atoms with Crippen molar-refractivity contribution in [3.8, 4) is 0 Å². The molecule has 0 radical (unpaired) electrons. The van der Waals surface area contributed by atoms with Crippen molar-refractivity contribution in [1.82, 2.24) is 5.32 Å². The summed E-state index contributed by atoms with van der Waals surface area (Å²) in [5.74, 6) is -0.447. The minimum Gasteiger partial charge on any atom is -0.384 e. The highest BCUT2D eigenvalue weighted by molar-refractivity contribution is 7.08. The van der Waals surface area contributed by atoms with Crippen LogP contribution in [0, 0.1) is 17.0 Å². The summed E-state index contributed by atoms with van der Waals surface area (Å²) >= 11 is 1.46. The van der Waals surface area contributed by atoms with Crippen LogP contribution in [0.25, 0.3) is 0 Å².